The summed E-state index contributed by atoms with van der Waals surface area (Å²) < 4.78 is 10.4. The summed E-state index contributed by atoms with van der Waals surface area (Å²) in [5.41, 5.74) is 1.63. The Labute approximate surface area is 121 Å². The Morgan fingerprint density at radius 2 is 1.68 bits per heavy atom. The fourth-order valence-electron chi connectivity index (χ4n) is 1.66. The van der Waals surface area contributed by atoms with Crippen molar-refractivity contribution in [1.29, 1.82) is 0 Å². The lowest BCUT2D eigenvalue weighted by Crippen LogP contribution is -1.97. The molecule has 4 nitrogen and oxygen atoms in total. The second kappa shape index (κ2) is 6.08. The van der Waals surface area contributed by atoms with E-state index in [1.165, 1.54) is 6.20 Å². The van der Waals surface area contributed by atoms with Gasteiger partial charge in [-0.2, -0.15) is 0 Å². The van der Waals surface area contributed by atoms with Crippen molar-refractivity contribution >= 4 is 23.2 Å². The van der Waals surface area contributed by atoms with E-state index < -0.39 is 0 Å². The summed E-state index contributed by atoms with van der Waals surface area (Å²) in [6.07, 6.45) is 2.01. The number of ether oxygens (including phenoxy) is 2. The molecule has 0 aliphatic carbocycles. The van der Waals surface area contributed by atoms with Crippen molar-refractivity contribution in [3.63, 3.8) is 0 Å². The minimum Gasteiger partial charge on any atom is -0.497 e. The Kier molecular flexibility index (Phi) is 4.45. The van der Waals surface area contributed by atoms with Crippen molar-refractivity contribution in [2.75, 3.05) is 14.2 Å². The highest BCUT2D eigenvalue weighted by molar-refractivity contribution is 6.31. The van der Waals surface area contributed by atoms with Crippen molar-refractivity contribution in [2.24, 2.45) is 0 Å². The van der Waals surface area contributed by atoms with E-state index in [-0.39, 0.29) is 5.28 Å². The molecule has 0 N–H and O–H groups in total. The molecule has 0 radical (unpaired) electrons. The van der Waals surface area contributed by atoms with Gasteiger partial charge in [0.2, 0.25) is 5.28 Å². The van der Waals surface area contributed by atoms with Gasteiger partial charge in [-0.05, 0) is 29.3 Å². The molecule has 0 aliphatic rings. The third-order valence-electron chi connectivity index (χ3n) is 2.57. The number of halogens is 2. The van der Waals surface area contributed by atoms with Crippen LogP contribution < -0.4 is 9.47 Å². The average molecular weight is 299 g/mol. The highest BCUT2D eigenvalue weighted by Crippen LogP contribution is 2.25. The van der Waals surface area contributed by atoms with Gasteiger partial charge in [-0.15, -0.1) is 0 Å². The Bertz CT molecular complexity index is 569. The first-order valence-electron chi connectivity index (χ1n) is 5.51. The SMILES string of the molecule is COc1cc(Cc2nc(Cl)ncc2Cl)cc(OC)c1. The number of hydrogen-bond donors (Lipinski definition) is 0. The van der Waals surface area contributed by atoms with Crippen LogP contribution in [0.1, 0.15) is 11.3 Å². The molecule has 1 aromatic carbocycles. The summed E-state index contributed by atoms with van der Waals surface area (Å²) in [7, 11) is 3.21. The van der Waals surface area contributed by atoms with E-state index in [1.54, 1.807) is 20.3 Å². The first-order chi connectivity index (χ1) is 9.12. The third-order valence-corrected chi connectivity index (χ3v) is 3.07. The van der Waals surface area contributed by atoms with Crippen molar-refractivity contribution in [3.8, 4) is 11.5 Å². The van der Waals surface area contributed by atoms with E-state index in [2.05, 4.69) is 9.97 Å². The second-order valence-electron chi connectivity index (χ2n) is 3.83. The van der Waals surface area contributed by atoms with Gasteiger partial charge in [0, 0.05) is 12.5 Å². The van der Waals surface area contributed by atoms with E-state index in [4.69, 9.17) is 32.7 Å². The summed E-state index contributed by atoms with van der Waals surface area (Å²) in [6, 6.07) is 5.60. The molecular weight excluding hydrogens is 287 g/mol. The fraction of sp³-hybridized carbons (Fsp3) is 0.231. The van der Waals surface area contributed by atoms with Gasteiger partial charge in [0.1, 0.15) is 11.5 Å². The normalized spacial score (nSPS) is 10.3. The molecule has 2 rings (SSSR count). The first-order valence-corrected chi connectivity index (χ1v) is 6.27. The zero-order valence-corrected chi connectivity index (χ0v) is 12.0. The van der Waals surface area contributed by atoms with Crippen LogP contribution in [-0.2, 0) is 6.42 Å². The number of benzene rings is 1. The average Bonchev–Trinajstić information content (AvgIpc) is 2.42. The number of methoxy groups -OCH3 is 2. The largest absolute Gasteiger partial charge is 0.497 e. The van der Waals surface area contributed by atoms with Crippen LogP contribution in [-0.4, -0.2) is 24.2 Å². The van der Waals surface area contributed by atoms with E-state index in [0.717, 1.165) is 5.56 Å². The lowest BCUT2D eigenvalue weighted by atomic mass is 10.1. The minimum absolute atomic E-state index is 0.175. The van der Waals surface area contributed by atoms with Crippen LogP contribution in [0.5, 0.6) is 11.5 Å². The Hall–Kier alpha value is -1.52. The van der Waals surface area contributed by atoms with E-state index in [1.807, 2.05) is 12.1 Å². The van der Waals surface area contributed by atoms with Crippen molar-refractivity contribution in [2.45, 2.75) is 6.42 Å². The Morgan fingerprint density at radius 1 is 1.05 bits per heavy atom. The standard InChI is InChI=1S/C13H12Cl2N2O2/c1-18-9-3-8(4-10(6-9)19-2)5-12-11(14)7-16-13(15)17-12/h3-4,6-7H,5H2,1-2H3. The van der Waals surface area contributed by atoms with Gasteiger partial charge in [-0.3, -0.25) is 0 Å². The second-order valence-corrected chi connectivity index (χ2v) is 4.58. The Morgan fingerprint density at radius 3 is 2.26 bits per heavy atom. The molecule has 100 valence electrons. The number of nitrogens with zero attached hydrogens (tertiary/aromatic N) is 2. The number of rotatable bonds is 4. The van der Waals surface area contributed by atoms with Gasteiger partial charge in [-0.1, -0.05) is 11.6 Å². The lowest BCUT2D eigenvalue weighted by molar-refractivity contribution is 0.393. The van der Waals surface area contributed by atoms with E-state index in [0.29, 0.717) is 28.6 Å². The molecule has 1 heterocycles. The molecule has 0 spiro atoms. The van der Waals surface area contributed by atoms with Gasteiger partial charge in [0.25, 0.3) is 0 Å². The molecule has 0 unspecified atom stereocenters. The minimum atomic E-state index is 0.175. The summed E-state index contributed by atoms with van der Waals surface area (Å²) >= 11 is 11.8. The van der Waals surface area contributed by atoms with Gasteiger partial charge in [0.05, 0.1) is 31.1 Å². The van der Waals surface area contributed by atoms with Crippen molar-refractivity contribution in [3.05, 3.63) is 46.0 Å². The third kappa shape index (κ3) is 3.49. The molecule has 0 amide bonds. The highest BCUT2D eigenvalue weighted by atomic mass is 35.5. The predicted molar refractivity (Wildman–Crippen MR) is 74.4 cm³/mol. The summed E-state index contributed by atoms with van der Waals surface area (Å²) in [6.45, 7) is 0. The van der Waals surface area contributed by atoms with Crippen molar-refractivity contribution in [1.82, 2.24) is 9.97 Å². The van der Waals surface area contributed by atoms with E-state index in [9.17, 15) is 0 Å². The number of aromatic nitrogens is 2. The molecule has 1 aromatic heterocycles. The fourth-order valence-corrected chi connectivity index (χ4v) is 1.97. The predicted octanol–water partition coefficient (Wildman–Crippen LogP) is 3.39. The molecule has 0 saturated carbocycles. The zero-order chi connectivity index (χ0) is 13.8. The molecule has 19 heavy (non-hydrogen) atoms. The molecular formula is C13H12Cl2N2O2. The maximum atomic E-state index is 6.05. The maximum absolute atomic E-state index is 6.05. The number of hydrogen-bond acceptors (Lipinski definition) is 4. The smallest absolute Gasteiger partial charge is 0.222 e. The summed E-state index contributed by atoms with van der Waals surface area (Å²) in [4.78, 5) is 7.94. The molecule has 0 bridgehead atoms. The first kappa shape index (κ1) is 13.9. The zero-order valence-electron chi connectivity index (χ0n) is 10.5. The molecule has 0 saturated heterocycles. The summed E-state index contributed by atoms with van der Waals surface area (Å²) in [5, 5.41) is 0.653. The van der Waals surface area contributed by atoms with Crippen LogP contribution in [0.4, 0.5) is 0 Å². The Balaban J connectivity index is 2.34. The van der Waals surface area contributed by atoms with Crippen LogP contribution in [0.15, 0.2) is 24.4 Å². The van der Waals surface area contributed by atoms with Crippen LogP contribution >= 0.6 is 23.2 Å². The van der Waals surface area contributed by atoms with Gasteiger partial charge < -0.3 is 9.47 Å². The van der Waals surface area contributed by atoms with Crippen molar-refractivity contribution < 1.29 is 9.47 Å². The summed E-state index contributed by atoms with van der Waals surface area (Å²) in [5.74, 6) is 1.43. The molecule has 0 aliphatic heterocycles. The maximum Gasteiger partial charge on any atom is 0.222 e. The molecule has 2 aromatic rings. The van der Waals surface area contributed by atoms with Gasteiger partial charge >= 0.3 is 0 Å². The van der Waals surface area contributed by atoms with Crippen LogP contribution in [0, 0.1) is 0 Å². The van der Waals surface area contributed by atoms with Gasteiger partial charge in [-0.25, -0.2) is 9.97 Å². The van der Waals surface area contributed by atoms with Crippen LogP contribution in [0.25, 0.3) is 0 Å². The quantitative estimate of drug-likeness (QED) is 0.812. The highest BCUT2D eigenvalue weighted by Gasteiger charge is 2.08. The lowest BCUT2D eigenvalue weighted by Gasteiger charge is -2.09. The van der Waals surface area contributed by atoms with Crippen LogP contribution in [0.2, 0.25) is 10.3 Å². The monoisotopic (exact) mass is 298 g/mol. The van der Waals surface area contributed by atoms with E-state index >= 15 is 0 Å². The van der Waals surface area contributed by atoms with Crippen LogP contribution in [0.3, 0.4) is 0 Å². The molecule has 0 fully saturated rings. The molecule has 0 atom stereocenters. The van der Waals surface area contributed by atoms with Gasteiger partial charge in [0.15, 0.2) is 0 Å². The molecule has 6 heteroatoms. The topological polar surface area (TPSA) is 44.2 Å².